The van der Waals surface area contributed by atoms with Crippen molar-refractivity contribution in [2.75, 3.05) is 26.4 Å². The Kier molecular flexibility index (Phi) is 18.3. The zero-order valence-electron chi connectivity index (χ0n) is 22.6. The van der Waals surface area contributed by atoms with E-state index in [1.54, 1.807) is 0 Å². The smallest absolute Gasteiger partial charge is 0.334 e. The highest BCUT2D eigenvalue weighted by Crippen LogP contribution is 2.23. The molecule has 0 saturated carbocycles. The highest BCUT2D eigenvalue weighted by Gasteiger charge is 2.30. The first-order valence-corrected chi connectivity index (χ1v) is 18.3. The second-order valence-electron chi connectivity index (χ2n) is 9.40. The fourth-order valence-corrected chi connectivity index (χ4v) is 9.48. The third-order valence-electron chi connectivity index (χ3n) is 6.31. The lowest BCUT2D eigenvalue weighted by molar-refractivity contribution is -0.126. The molecule has 5 nitrogen and oxygen atoms in total. The van der Waals surface area contributed by atoms with Gasteiger partial charge in [-0.2, -0.15) is 0 Å². The van der Waals surface area contributed by atoms with E-state index in [0.717, 1.165) is 89.9 Å². The van der Waals surface area contributed by atoms with Crippen molar-refractivity contribution in [1.29, 1.82) is 0 Å². The molecule has 0 aromatic heterocycles. The summed E-state index contributed by atoms with van der Waals surface area (Å²) < 4.78 is 23.7. The SMILES string of the molecule is CCO[Si](C)(CCCCCC(C)C(=O)C(C)CCCCC[Si](C)(OCC)OCC)OCC. The maximum absolute atomic E-state index is 12.8. The van der Waals surface area contributed by atoms with E-state index >= 15 is 0 Å². The maximum atomic E-state index is 12.8. The largest absolute Gasteiger partial charge is 0.395 e. The Hall–Kier alpha value is -0.0562. The van der Waals surface area contributed by atoms with Crippen LogP contribution in [-0.4, -0.2) is 49.3 Å². The van der Waals surface area contributed by atoms with E-state index < -0.39 is 17.1 Å². The lowest BCUT2D eigenvalue weighted by atomic mass is 9.88. The van der Waals surface area contributed by atoms with Crippen LogP contribution in [-0.2, 0) is 22.5 Å². The lowest BCUT2D eigenvalue weighted by Crippen LogP contribution is -2.38. The number of carbonyl (C=O) groups is 1. The van der Waals surface area contributed by atoms with E-state index in [0.29, 0.717) is 5.78 Å². The Labute approximate surface area is 201 Å². The summed E-state index contributed by atoms with van der Waals surface area (Å²) in [6.07, 6.45) is 8.78. The fourth-order valence-electron chi connectivity index (χ4n) is 4.51. The maximum Gasteiger partial charge on any atom is 0.334 e. The Morgan fingerprint density at radius 2 is 0.906 bits per heavy atom. The highest BCUT2D eigenvalue weighted by molar-refractivity contribution is 6.66. The molecule has 2 unspecified atom stereocenters. The molecule has 0 amide bonds. The number of carbonyl (C=O) groups excluding carboxylic acids is 1. The third kappa shape index (κ3) is 14.3. The van der Waals surface area contributed by atoms with Gasteiger partial charge in [-0.3, -0.25) is 4.79 Å². The van der Waals surface area contributed by atoms with E-state index in [-0.39, 0.29) is 11.8 Å². The molecule has 32 heavy (non-hydrogen) atoms. The minimum absolute atomic E-state index is 0.166. The molecule has 0 bridgehead atoms. The van der Waals surface area contributed by atoms with Crippen LogP contribution in [0.3, 0.4) is 0 Å². The van der Waals surface area contributed by atoms with Gasteiger partial charge in [0.15, 0.2) is 0 Å². The van der Waals surface area contributed by atoms with Crippen LogP contribution in [0.25, 0.3) is 0 Å². The zero-order chi connectivity index (χ0) is 24.5. The van der Waals surface area contributed by atoms with E-state index in [2.05, 4.69) is 26.9 Å². The monoisotopic (exact) mass is 490 g/mol. The van der Waals surface area contributed by atoms with Crippen molar-refractivity contribution in [2.45, 2.75) is 118 Å². The van der Waals surface area contributed by atoms with Crippen molar-refractivity contribution in [3.63, 3.8) is 0 Å². The predicted molar refractivity (Wildman–Crippen MR) is 140 cm³/mol. The molecule has 0 radical (unpaired) electrons. The van der Waals surface area contributed by atoms with Crippen molar-refractivity contribution in [3.05, 3.63) is 0 Å². The molecule has 0 aliphatic carbocycles. The topological polar surface area (TPSA) is 54.0 Å². The van der Waals surface area contributed by atoms with Crippen LogP contribution in [0.4, 0.5) is 0 Å². The molecule has 2 atom stereocenters. The van der Waals surface area contributed by atoms with Crippen LogP contribution in [0, 0.1) is 11.8 Å². The molecule has 0 aliphatic rings. The normalized spacial score (nSPS) is 14.5. The van der Waals surface area contributed by atoms with Gasteiger partial charge in [-0.15, -0.1) is 0 Å². The van der Waals surface area contributed by atoms with Gasteiger partial charge in [0.05, 0.1) is 0 Å². The minimum Gasteiger partial charge on any atom is -0.395 e. The first-order valence-electron chi connectivity index (χ1n) is 13.3. The Morgan fingerprint density at radius 3 is 1.19 bits per heavy atom. The van der Waals surface area contributed by atoms with Crippen LogP contribution in [0.5, 0.6) is 0 Å². The Bertz CT molecular complexity index is 423. The number of ketones is 1. The molecule has 0 spiro atoms. The summed E-state index contributed by atoms with van der Waals surface area (Å²) in [5.74, 6) is 0.772. The molecule has 0 fully saturated rings. The zero-order valence-corrected chi connectivity index (χ0v) is 24.6. The van der Waals surface area contributed by atoms with Crippen molar-refractivity contribution < 1.29 is 22.5 Å². The van der Waals surface area contributed by atoms with Gasteiger partial charge in [0.1, 0.15) is 5.78 Å². The van der Waals surface area contributed by atoms with Gasteiger partial charge < -0.3 is 17.7 Å². The molecule has 0 rings (SSSR count). The summed E-state index contributed by atoms with van der Waals surface area (Å²) in [6, 6.07) is 2.09. The summed E-state index contributed by atoms with van der Waals surface area (Å²) in [7, 11) is -3.98. The molecule has 0 heterocycles. The lowest BCUT2D eigenvalue weighted by Gasteiger charge is -2.26. The molecule has 0 saturated heterocycles. The molecule has 0 aliphatic heterocycles. The molecule has 0 N–H and O–H groups in total. The number of hydrogen-bond acceptors (Lipinski definition) is 5. The van der Waals surface area contributed by atoms with E-state index in [9.17, 15) is 4.79 Å². The summed E-state index contributed by atoms with van der Waals surface area (Å²) in [6.45, 7) is 19.6. The molecule has 7 heteroatoms. The summed E-state index contributed by atoms with van der Waals surface area (Å²) in [5.41, 5.74) is 0. The second-order valence-corrected chi connectivity index (χ2v) is 16.1. The van der Waals surface area contributed by atoms with E-state index in [1.807, 2.05) is 27.7 Å². The molecule has 0 aromatic rings. The van der Waals surface area contributed by atoms with Crippen molar-refractivity contribution >= 4 is 22.9 Å². The van der Waals surface area contributed by atoms with Crippen LogP contribution in [0.1, 0.15) is 92.9 Å². The summed E-state index contributed by atoms with van der Waals surface area (Å²) in [4.78, 5) is 12.8. The summed E-state index contributed by atoms with van der Waals surface area (Å²) in [5, 5.41) is 0. The standard InChI is InChI=1S/C25H54O5Si2/c1-9-27-31(7,28-10-2)21-17-13-15-19-23(5)25(26)24(6)20-16-14-18-22-32(8,29-11-3)30-12-4/h23-24H,9-22H2,1-8H3. The van der Waals surface area contributed by atoms with Crippen LogP contribution >= 0.6 is 0 Å². The first kappa shape index (κ1) is 31.9. The van der Waals surface area contributed by atoms with Gasteiger partial charge in [-0.1, -0.05) is 52.4 Å². The molecule has 0 aromatic carbocycles. The number of Topliss-reactive ketones (excluding diaryl/α,β-unsaturated/α-hetero) is 1. The predicted octanol–water partition coefficient (Wildman–Crippen LogP) is 7.24. The van der Waals surface area contributed by atoms with Crippen molar-refractivity contribution in [3.8, 4) is 0 Å². The van der Waals surface area contributed by atoms with E-state index in [4.69, 9.17) is 17.7 Å². The van der Waals surface area contributed by atoms with Gasteiger partial charge >= 0.3 is 17.1 Å². The molecular formula is C25H54O5Si2. The first-order chi connectivity index (χ1) is 15.2. The fraction of sp³-hybridized carbons (Fsp3) is 0.960. The number of rotatable bonds is 22. The van der Waals surface area contributed by atoms with Gasteiger partial charge in [0, 0.05) is 38.3 Å². The van der Waals surface area contributed by atoms with Crippen molar-refractivity contribution in [1.82, 2.24) is 0 Å². The third-order valence-corrected chi connectivity index (χ3v) is 12.4. The quantitative estimate of drug-likeness (QED) is 0.118. The Morgan fingerprint density at radius 1 is 0.594 bits per heavy atom. The van der Waals surface area contributed by atoms with Gasteiger partial charge in [-0.25, -0.2) is 0 Å². The average molecular weight is 491 g/mol. The average Bonchev–Trinajstić information content (AvgIpc) is 2.73. The van der Waals surface area contributed by atoms with E-state index in [1.165, 1.54) is 0 Å². The molecule has 192 valence electrons. The van der Waals surface area contributed by atoms with Gasteiger partial charge in [-0.05, 0) is 65.7 Å². The van der Waals surface area contributed by atoms with Crippen LogP contribution in [0.2, 0.25) is 25.2 Å². The second kappa shape index (κ2) is 18.3. The Balaban J connectivity index is 4.07. The number of unbranched alkanes of at least 4 members (excludes halogenated alkanes) is 4. The van der Waals surface area contributed by atoms with Crippen LogP contribution in [0.15, 0.2) is 0 Å². The number of hydrogen-bond donors (Lipinski definition) is 0. The van der Waals surface area contributed by atoms with Gasteiger partial charge in [0.25, 0.3) is 0 Å². The highest BCUT2D eigenvalue weighted by atomic mass is 28.4. The summed E-state index contributed by atoms with van der Waals surface area (Å²) >= 11 is 0. The van der Waals surface area contributed by atoms with Crippen LogP contribution < -0.4 is 0 Å². The van der Waals surface area contributed by atoms with Crippen molar-refractivity contribution in [2.24, 2.45) is 11.8 Å². The van der Waals surface area contributed by atoms with Gasteiger partial charge in [0.2, 0.25) is 0 Å². The minimum atomic E-state index is -1.99. The molecular weight excluding hydrogens is 436 g/mol.